The van der Waals surface area contributed by atoms with E-state index in [1.807, 2.05) is 19.2 Å². The highest BCUT2D eigenvalue weighted by atomic mass is 19.4. The minimum atomic E-state index is -4.56. The number of alkyl halides is 3. The fourth-order valence-electron chi connectivity index (χ4n) is 6.17. The summed E-state index contributed by atoms with van der Waals surface area (Å²) >= 11 is 0. The van der Waals surface area contributed by atoms with Gasteiger partial charge in [-0.05, 0) is 45.2 Å². The fourth-order valence-corrected chi connectivity index (χ4v) is 6.17. The molecule has 0 spiro atoms. The lowest BCUT2D eigenvalue weighted by atomic mass is 9.93. The third kappa shape index (κ3) is 6.50. The molecule has 43 heavy (non-hydrogen) atoms. The monoisotopic (exact) mass is 596 g/mol. The molecule has 3 aromatic heterocycles. The van der Waals surface area contributed by atoms with Crippen LogP contribution in [0.25, 0.3) is 22.2 Å². The van der Waals surface area contributed by atoms with Gasteiger partial charge < -0.3 is 15.0 Å². The van der Waals surface area contributed by atoms with E-state index >= 15 is 0 Å². The molecule has 0 bridgehead atoms. The number of aromatic nitrogens is 5. The molecule has 12 heteroatoms. The maximum absolute atomic E-state index is 13.4. The quantitative estimate of drug-likeness (QED) is 0.284. The molecule has 0 radical (unpaired) electrons. The van der Waals surface area contributed by atoms with E-state index in [2.05, 4.69) is 61.2 Å². The zero-order valence-corrected chi connectivity index (χ0v) is 24.9. The Balaban J connectivity index is 1.21. The van der Waals surface area contributed by atoms with Crippen LogP contribution < -0.4 is 10.1 Å². The number of ether oxygens (including phenoxy) is 1. The molecule has 0 unspecified atom stereocenters. The van der Waals surface area contributed by atoms with Crippen molar-refractivity contribution >= 4 is 16.7 Å². The minimum Gasteiger partial charge on any atom is -0.486 e. The molecule has 0 amide bonds. The number of hydrogen-bond acceptors (Lipinski definition) is 7. The van der Waals surface area contributed by atoms with Crippen molar-refractivity contribution in [3.8, 4) is 17.0 Å². The average molecular weight is 597 g/mol. The summed E-state index contributed by atoms with van der Waals surface area (Å²) in [5.41, 5.74) is 3.24. The maximum Gasteiger partial charge on any atom is 0.438 e. The molecule has 1 N–H and O–H groups in total. The van der Waals surface area contributed by atoms with Crippen LogP contribution in [0.1, 0.15) is 49.9 Å². The van der Waals surface area contributed by atoms with Crippen molar-refractivity contribution in [1.82, 2.24) is 34.3 Å². The fraction of sp³-hybridized carbons (Fsp3) is 0.516. The Morgan fingerprint density at radius 1 is 0.977 bits per heavy atom. The van der Waals surface area contributed by atoms with Gasteiger partial charge in [-0.25, -0.2) is 4.98 Å². The Bertz CT molecular complexity index is 1530. The number of nitrogens with zero attached hydrogens (tertiary/aromatic N) is 7. The molecule has 6 rings (SSSR count). The second-order valence-corrected chi connectivity index (χ2v) is 11.7. The van der Waals surface area contributed by atoms with Gasteiger partial charge >= 0.3 is 6.18 Å². The summed E-state index contributed by atoms with van der Waals surface area (Å²) < 4.78 is 49.4. The molecule has 4 aromatic rings. The summed E-state index contributed by atoms with van der Waals surface area (Å²) in [4.78, 5) is 9.49. The molecule has 2 aliphatic rings. The van der Waals surface area contributed by atoms with Gasteiger partial charge in [-0.2, -0.15) is 23.4 Å². The van der Waals surface area contributed by atoms with Crippen LogP contribution in [0.3, 0.4) is 0 Å². The molecule has 1 aliphatic carbocycles. The maximum atomic E-state index is 13.4. The van der Waals surface area contributed by atoms with Crippen LogP contribution in [0.2, 0.25) is 0 Å². The van der Waals surface area contributed by atoms with Crippen LogP contribution in [0.15, 0.2) is 42.7 Å². The van der Waals surface area contributed by atoms with Crippen molar-refractivity contribution in [2.45, 2.75) is 57.5 Å². The number of pyridine rings is 1. The lowest BCUT2D eigenvalue weighted by Crippen LogP contribution is -2.43. The third-order valence-corrected chi connectivity index (χ3v) is 8.53. The summed E-state index contributed by atoms with van der Waals surface area (Å²) in [6, 6.07) is 10.8. The largest absolute Gasteiger partial charge is 0.486 e. The smallest absolute Gasteiger partial charge is 0.438 e. The molecular formula is C31H39F3N8O. The van der Waals surface area contributed by atoms with E-state index < -0.39 is 11.9 Å². The molecule has 230 valence electrons. The first-order chi connectivity index (χ1) is 20.7. The standard InChI is InChI=1S/C31H39F3N8O/c1-4-35-28-17-26-25(18-36-28)29(22-7-5-21(6-8-22)19-41-15-13-39(2)14-16-41)37-42(26)23-9-11-24(12-10-23)43-27-20-40(3)38-30(27)31(32,33)34/h5-8,17-18,20,23-24H,4,9-16,19H2,1-3H3,(H,35,36)/t23-,24+. The number of fused-ring (bicyclic) bond motifs is 1. The predicted octanol–water partition coefficient (Wildman–Crippen LogP) is 5.59. The first-order valence-electron chi connectivity index (χ1n) is 15.1. The topological polar surface area (TPSA) is 76.3 Å². The van der Waals surface area contributed by atoms with Gasteiger partial charge in [0.1, 0.15) is 11.5 Å². The number of piperazine rings is 1. The highest BCUT2D eigenvalue weighted by molar-refractivity contribution is 5.94. The van der Waals surface area contributed by atoms with Crippen molar-refractivity contribution in [2.75, 3.05) is 45.1 Å². The van der Waals surface area contributed by atoms with Gasteiger partial charge in [-0.3, -0.25) is 14.3 Å². The van der Waals surface area contributed by atoms with Crippen molar-refractivity contribution in [2.24, 2.45) is 7.05 Å². The number of benzene rings is 1. The van der Waals surface area contributed by atoms with Crippen LogP contribution in [0.4, 0.5) is 19.0 Å². The highest BCUT2D eigenvalue weighted by Gasteiger charge is 2.39. The molecule has 1 aromatic carbocycles. The number of rotatable bonds is 8. The van der Waals surface area contributed by atoms with E-state index in [4.69, 9.17) is 9.84 Å². The van der Waals surface area contributed by atoms with Crippen molar-refractivity contribution < 1.29 is 17.9 Å². The Morgan fingerprint density at radius 2 is 1.70 bits per heavy atom. The Labute approximate surface area is 249 Å². The van der Waals surface area contributed by atoms with Crippen molar-refractivity contribution in [3.05, 3.63) is 54.0 Å². The van der Waals surface area contributed by atoms with E-state index in [0.717, 1.165) is 84.8 Å². The molecule has 1 aliphatic heterocycles. The number of nitrogens with one attached hydrogen (secondary N) is 1. The average Bonchev–Trinajstić information content (AvgIpc) is 3.55. The summed E-state index contributed by atoms with van der Waals surface area (Å²) in [6.45, 7) is 8.06. The zero-order chi connectivity index (χ0) is 30.1. The first kappa shape index (κ1) is 29.4. The molecule has 2 fully saturated rings. The Morgan fingerprint density at radius 3 is 2.37 bits per heavy atom. The van der Waals surface area contributed by atoms with Crippen LogP contribution in [-0.2, 0) is 19.8 Å². The summed E-state index contributed by atoms with van der Waals surface area (Å²) in [5.74, 6) is 0.584. The van der Waals surface area contributed by atoms with Gasteiger partial charge in [0, 0.05) is 69.5 Å². The highest BCUT2D eigenvalue weighted by Crippen LogP contribution is 2.39. The summed E-state index contributed by atoms with van der Waals surface area (Å²) in [6.07, 6.45) is 1.05. The predicted molar refractivity (Wildman–Crippen MR) is 160 cm³/mol. The SMILES string of the molecule is CCNc1cc2c(cn1)c(-c1ccc(CN3CCN(C)CC3)cc1)nn2[C@H]1CC[C@@H](Oc2cn(C)nc2C(F)(F)F)CC1. The molecule has 1 saturated heterocycles. The number of anilines is 1. The Hall–Kier alpha value is -3.64. The van der Waals surface area contributed by atoms with Crippen LogP contribution in [0, 0.1) is 0 Å². The third-order valence-electron chi connectivity index (χ3n) is 8.53. The van der Waals surface area contributed by atoms with Gasteiger partial charge in [-0.1, -0.05) is 24.3 Å². The molecular weight excluding hydrogens is 557 g/mol. The van der Waals surface area contributed by atoms with Gasteiger partial charge in [0.25, 0.3) is 0 Å². The second-order valence-electron chi connectivity index (χ2n) is 11.7. The van der Waals surface area contributed by atoms with Crippen molar-refractivity contribution in [3.63, 3.8) is 0 Å². The molecule has 4 heterocycles. The van der Waals surface area contributed by atoms with E-state index in [0.29, 0.717) is 12.8 Å². The summed E-state index contributed by atoms with van der Waals surface area (Å²) in [7, 11) is 3.64. The lowest BCUT2D eigenvalue weighted by molar-refractivity contribution is -0.143. The number of hydrogen-bond donors (Lipinski definition) is 1. The van der Waals surface area contributed by atoms with Crippen molar-refractivity contribution in [1.29, 1.82) is 0 Å². The van der Waals surface area contributed by atoms with Gasteiger partial charge in [0.2, 0.25) is 5.69 Å². The Kier molecular flexibility index (Phi) is 8.32. The molecule has 9 nitrogen and oxygen atoms in total. The van der Waals surface area contributed by atoms with E-state index in [1.165, 1.54) is 18.8 Å². The number of likely N-dealkylation sites (N-methyl/N-ethyl adjacent to an activating group) is 1. The molecule has 1 saturated carbocycles. The van der Waals surface area contributed by atoms with E-state index in [9.17, 15) is 13.2 Å². The zero-order valence-electron chi connectivity index (χ0n) is 24.9. The lowest BCUT2D eigenvalue weighted by Gasteiger charge is -2.32. The van der Waals surface area contributed by atoms with Gasteiger partial charge in [0.15, 0.2) is 5.75 Å². The first-order valence-corrected chi connectivity index (χ1v) is 15.1. The van der Waals surface area contributed by atoms with Gasteiger partial charge in [0.05, 0.1) is 23.9 Å². The number of halogens is 3. The minimum absolute atomic E-state index is 0.0977. The summed E-state index contributed by atoms with van der Waals surface area (Å²) in [5, 5.41) is 13.0. The van der Waals surface area contributed by atoms with Gasteiger partial charge in [-0.15, -0.1) is 0 Å². The normalized spacial score (nSPS) is 20.5. The van der Waals surface area contributed by atoms with Crippen LogP contribution in [-0.4, -0.2) is 80.2 Å². The number of aryl methyl sites for hydroxylation is 1. The van der Waals surface area contributed by atoms with Crippen LogP contribution in [0.5, 0.6) is 5.75 Å². The second kappa shape index (κ2) is 12.2. The van der Waals surface area contributed by atoms with E-state index in [-0.39, 0.29) is 17.9 Å². The van der Waals surface area contributed by atoms with Crippen LogP contribution >= 0.6 is 0 Å². The van der Waals surface area contributed by atoms with E-state index in [1.54, 1.807) is 0 Å². The molecule has 0 atom stereocenters.